The number of nitrogens with one attached hydrogen (secondary N) is 1. The van der Waals surface area contributed by atoms with E-state index in [0.29, 0.717) is 17.3 Å². The summed E-state index contributed by atoms with van der Waals surface area (Å²) >= 11 is 3.08. The van der Waals surface area contributed by atoms with E-state index in [-0.39, 0.29) is 18.4 Å². The number of hydrogen-bond donors (Lipinski definition) is 1. The zero-order valence-corrected chi connectivity index (χ0v) is 14.6. The monoisotopic (exact) mass is 349 g/mol. The summed E-state index contributed by atoms with van der Waals surface area (Å²) < 4.78 is 0. The van der Waals surface area contributed by atoms with E-state index in [9.17, 15) is 9.59 Å². The van der Waals surface area contributed by atoms with Crippen molar-refractivity contribution in [2.75, 3.05) is 19.6 Å². The molecule has 2 aromatic heterocycles. The Morgan fingerprint density at radius 2 is 2.30 bits per heavy atom. The van der Waals surface area contributed by atoms with Gasteiger partial charge in [0.25, 0.3) is 5.91 Å². The van der Waals surface area contributed by atoms with Crippen molar-refractivity contribution in [3.63, 3.8) is 0 Å². The standard InChI is InChI=1S/C16H19N3O2S2/c1-11-4-5-13(23-11)15(21)18-9-14(20)19-7-2-3-12(10-19)16-17-6-8-22-16/h4-6,8,12H,2-3,7,9-10H2,1H3,(H,18,21)/t12-/m1/s1. The molecule has 0 unspecified atom stereocenters. The van der Waals surface area contributed by atoms with Crippen LogP contribution in [0, 0.1) is 6.92 Å². The molecule has 7 heteroatoms. The van der Waals surface area contributed by atoms with E-state index in [4.69, 9.17) is 0 Å². The lowest BCUT2D eigenvalue weighted by Crippen LogP contribution is -2.44. The van der Waals surface area contributed by atoms with Crippen molar-refractivity contribution in [3.05, 3.63) is 38.5 Å². The number of carbonyl (C=O) groups is 2. The Labute approximate surface area is 143 Å². The summed E-state index contributed by atoms with van der Waals surface area (Å²) in [6, 6.07) is 3.70. The molecule has 3 rings (SSSR count). The minimum absolute atomic E-state index is 0.0205. The summed E-state index contributed by atoms with van der Waals surface area (Å²) in [5.41, 5.74) is 0. The van der Waals surface area contributed by atoms with Crippen molar-refractivity contribution in [1.29, 1.82) is 0 Å². The Morgan fingerprint density at radius 1 is 1.43 bits per heavy atom. The first-order valence-electron chi connectivity index (χ1n) is 7.65. The van der Waals surface area contributed by atoms with E-state index in [1.54, 1.807) is 17.4 Å². The second kappa shape index (κ2) is 7.23. The van der Waals surface area contributed by atoms with Crippen LogP contribution in [0.4, 0.5) is 0 Å². The molecule has 0 spiro atoms. The number of likely N-dealkylation sites (tertiary alicyclic amines) is 1. The second-order valence-corrected chi connectivity index (χ2v) is 7.86. The fourth-order valence-electron chi connectivity index (χ4n) is 2.75. The molecular weight excluding hydrogens is 330 g/mol. The SMILES string of the molecule is Cc1ccc(C(=O)NCC(=O)N2CCC[C@@H](c3nccs3)C2)s1. The highest BCUT2D eigenvalue weighted by Gasteiger charge is 2.26. The first-order valence-corrected chi connectivity index (χ1v) is 9.35. The summed E-state index contributed by atoms with van der Waals surface area (Å²) in [5, 5.41) is 5.80. The third-order valence-corrected chi connectivity index (χ3v) is 5.88. The lowest BCUT2D eigenvalue weighted by atomic mass is 9.99. The first kappa shape index (κ1) is 16.1. The van der Waals surface area contributed by atoms with Crippen LogP contribution in [-0.2, 0) is 4.79 Å². The van der Waals surface area contributed by atoms with Crippen LogP contribution in [0.1, 0.15) is 38.3 Å². The number of hydrogen-bond acceptors (Lipinski definition) is 5. The number of amides is 2. The molecule has 122 valence electrons. The minimum Gasteiger partial charge on any atom is -0.342 e. The third kappa shape index (κ3) is 3.97. The van der Waals surface area contributed by atoms with Gasteiger partial charge in [-0.2, -0.15) is 0 Å². The van der Waals surface area contributed by atoms with Crippen molar-refractivity contribution in [1.82, 2.24) is 15.2 Å². The number of nitrogens with zero attached hydrogens (tertiary/aromatic N) is 2. The molecule has 0 radical (unpaired) electrons. The summed E-state index contributed by atoms with van der Waals surface area (Å²) in [7, 11) is 0. The van der Waals surface area contributed by atoms with E-state index >= 15 is 0 Å². The molecule has 0 aromatic carbocycles. The normalized spacial score (nSPS) is 18.0. The Bertz CT molecular complexity index is 681. The van der Waals surface area contributed by atoms with Crippen molar-refractivity contribution in [2.24, 2.45) is 0 Å². The van der Waals surface area contributed by atoms with Gasteiger partial charge < -0.3 is 10.2 Å². The molecular formula is C16H19N3O2S2. The number of aryl methyl sites for hydroxylation is 1. The Balaban J connectivity index is 1.52. The minimum atomic E-state index is -0.176. The van der Waals surface area contributed by atoms with Gasteiger partial charge in [0, 0.05) is 35.5 Å². The van der Waals surface area contributed by atoms with E-state index in [2.05, 4.69) is 10.3 Å². The summed E-state index contributed by atoms with van der Waals surface area (Å²) in [6.45, 7) is 3.47. The Morgan fingerprint density at radius 3 is 3.00 bits per heavy atom. The molecule has 1 atom stereocenters. The Hall–Kier alpha value is -1.73. The predicted molar refractivity (Wildman–Crippen MR) is 92.1 cm³/mol. The van der Waals surface area contributed by atoms with Gasteiger partial charge in [-0.15, -0.1) is 22.7 Å². The molecule has 1 aliphatic rings. The van der Waals surface area contributed by atoms with Crippen LogP contribution in [0.5, 0.6) is 0 Å². The van der Waals surface area contributed by atoms with Gasteiger partial charge in [-0.25, -0.2) is 4.98 Å². The second-order valence-electron chi connectivity index (χ2n) is 5.64. The third-order valence-electron chi connectivity index (χ3n) is 3.94. The van der Waals surface area contributed by atoms with E-state index < -0.39 is 0 Å². The summed E-state index contributed by atoms with van der Waals surface area (Å²) in [5.74, 6) is 0.126. The van der Waals surface area contributed by atoms with E-state index in [1.165, 1.54) is 11.3 Å². The number of aromatic nitrogens is 1. The van der Waals surface area contributed by atoms with Crippen LogP contribution >= 0.6 is 22.7 Å². The molecule has 3 heterocycles. The maximum absolute atomic E-state index is 12.4. The molecule has 23 heavy (non-hydrogen) atoms. The quantitative estimate of drug-likeness (QED) is 0.923. The lowest BCUT2D eigenvalue weighted by Gasteiger charge is -2.31. The van der Waals surface area contributed by atoms with Crippen LogP contribution < -0.4 is 5.32 Å². The number of thiophene rings is 1. The maximum atomic E-state index is 12.4. The van der Waals surface area contributed by atoms with Crippen LogP contribution in [0.3, 0.4) is 0 Å². The van der Waals surface area contributed by atoms with Crippen molar-refractivity contribution in [3.8, 4) is 0 Å². The van der Waals surface area contributed by atoms with Gasteiger partial charge >= 0.3 is 0 Å². The molecule has 1 fully saturated rings. The lowest BCUT2D eigenvalue weighted by molar-refractivity contribution is -0.131. The fourth-order valence-corrected chi connectivity index (χ4v) is 4.30. The van der Waals surface area contributed by atoms with Crippen molar-refractivity contribution >= 4 is 34.5 Å². The zero-order valence-electron chi connectivity index (χ0n) is 12.9. The molecule has 2 aromatic rings. The van der Waals surface area contributed by atoms with E-state index in [0.717, 1.165) is 29.3 Å². The van der Waals surface area contributed by atoms with Gasteiger partial charge in [-0.1, -0.05) is 0 Å². The molecule has 1 saturated heterocycles. The van der Waals surface area contributed by atoms with Gasteiger partial charge in [0.2, 0.25) is 5.91 Å². The smallest absolute Gasteiger partial charge is 0.261 e. The van der Waals surface area contributed by atoms with Gasteiger partial charge in [-0.3, -0.25) is 9.59 Å². The first-order chi connectivity index (χ1) is 11.1. The molecule has 0 saturated carbocycles. The van der Waals surface area contributed by atoms with Gasteiger partial charge in [0.15, 0.2) is 0 Å². The Kier molecular flexibility index (Phi) is 5.07. The molecule has 1 N–H and O–H groups in total. The predicted octanol–water partition coefficient (Wildman–Crippen LogP) is 2.65. The zero-order chi connectivity index (χ0) is 16.2. The molecule has 5 nitrogen and oxygen atoms in total. The highest BCUT2D eigenvalue weighted by molar-refractivity contribution is 7.13. The number of thiazole rings is 1. The van der Waals surface area contributed by atoms with Crippen LogP contribution in [0.15, 0.2) is 23.7 Å². The van der Waals surface area contributed by atoms with Gasteiger partial charge in [-0.05, 0) is 31.9 Å². The van der Waals surface area contributed by atoms with Crippen molar-refractivity contribution in [2.45, 2.75) is 25.7 Å². The largest absolute Gasteiger partial charge is 0.342 e. The number of carbonyl (C=O) groups excluding carboxylic acids is 2. The summed E-state index contributed by atoms with van der Waals surface area (Å²) in [6.07, 6.45) is 3.86. The van der Waals surface area contributed by atoms with Gasteiger partial charge in [0.05, 0.1) is 16.4 Å². The highest BCUT2D eigenvalue weighted by atomic mass is 32.1. The fraction of sp³-hybridized carbons (Fsp3) is 0.438. The molecule has 1 aliphatic heterocycles. The molecule has 2 amide bonds. The number of piperidine rings is 1. The average Bonchev–Trinajstić information content (AvgIpc) is 3.24. The maximum Gasteiger partial charge on any atom is 0.261 e. The highest BCUT2D eigenvalue weighted by Crippen LogP contribution is 2.28. The summed E-state index contributed by atoms with van der Waals surface area (Å²) in [4.78, 5) is 32.3. The molecule has 0 bridgehead atoms. The topological polar surface area (TPSA) is 62.3 Å². The van der Waals surface area contributed by atoms with Gasteiger partial charge in [0.1, 0.15) is 0 Å². The van der Waals surface area contributed by atoms with Crippen LogP contribution in [0.25, 0.3) is 0 Å². The molecule has 0 aliphatic carbocycles. The number of rotatable bonds is 4. The van der Waals surface area contributed by atoms with Crippen molar-refractivity contribution < 1.29 is 9.59 Å². The van der Waals surface area contributed by atoms with Crippen LogP contribution in [-0.4, -0.2) is 41.3 Å². The average molecular weight is 349 g/mol. The van der Waals surface area contributed by atoms with Crippen LogP contribution in [0.2, 0.25) is 0 Å². The van der Waals surface area contributed by atoms with E-state index in [1.807, 2.05) is 29.5 Å².